The maximum absolute atomic E-state index is 9.50. The van der Waals surface area contributed by atoms with Crippen LogP contribution in [0.3, 0.4) is 0 Å². The highest BCUT2D eigenvalue weighted by atomic mass is 16.3. The van der Waals surface area contributed by atoms with E-state index in [1.165, 1.54) is 11.1 Å². The van der Waals surface area contributed by atoms with Crippen LogP contribution in [0.4, 0.5) is 0 Å². The van der Waals surface area contributed by atoms with E-state index in [-0.39, 0.29) is 6.61 Å². The highest BCUT2D eigenvalue weighted by molar-refractivity contribution is 5.38. The van der Waals surface area contributed by atoms with Gasteiger partial charge in [0.2, 0.25) is 0 Å². The molecule has 1 heterocycles. The molecule has 0 bridgehead atoms. The van der Waals surface area contributed by atoms with Crippen LogP contribution >= 0.6 is 0 Å². The Morgan fingerprint density at radius 2 is 1.86 bits per heavy atom. The second-order valence-electron chi connectivity index (χ2n) is 5.05. The third-order valence-corrected chi connectivity index (χ3v) is 3.45. The molecule has 0 spiro atoms. The maximum atomic E-state index is 9.50. The van der Waals surface area contributed by atoms with E-state index in [0.717, 1.165) is 11.4 Å². The second-order valence-corrected chi connectivity index (χ2v) is 5.05. The molecule has 0 radical (unpaired) electrons. The Hall–Kier alpha value is -2.46. The van der Waals surface area contributed by atoms with Crippen molar-refractivity contribution in [3.8, 4) is 5.69 Å². The lowest BCUT2D eigenvalue weighted by Crippen LogP contribution is -2.05. The molecule has 0 atom stereocenters. The van der Waals surface area contributed by atoms with E-state index in [2.05, 4.69) is 28.5 Å². The predicted molar refractivity (Wildman–Crippen MR) is 81.3 cm³/mol. The SMILES string of the molecule is Cc1cccc(-n2nnc(CO)c2Cc2ccccc2)c1. The van der Waals surface area contributed by atoms with Gasteiger partial charge in [0.05, 0.1) is 18.0 Å². The largest absolute Gasteiger partial charge is 0.390 e. The molecule has 0 saturated carbocycles. The van der Waals surface area contributed by atoms with Gasteiger partial charge in [0.25, 0.3) is 0 Å². The fourth-order valence-corrected chi connectivity index (χ4v) is 2.39. The monoisotopic (exact) mass is 279 g/mol. The van der Waals surface area contributed by atoms with Crippen molar-refractivity contribution in [2.45, 2.75) is 20.0 Å². The predicted octanol–water partition coefficient (Wildman–Crippen LogP) is 2.66. The van der Waals surface area contributed by atoms with Gasteiger partial charge >= 0.3 is 0 Å². The van der Waals surface area contributed by atoms with Gasteiger partial charge < -0.3 is 5.11 Å². The maximum Gasteiger partial charge on any atom is 0.112 e. The second kappa shape index (κ2) is 5.89. The van der Waals surface area contributed by atoms with E-state index in [1.807, 2.05) is 48.0 Å². The average Bonchev–Trinajstić information content (AvgIpc) is 2.91. The summed E-state index contributed by atoms with van der Waals surface area (Å²) in [6, 6.07) is 18.2. The van der Waals surface area contributed by atoms with Crippen LogP contribution in [0.2, 0.25) is 0 Å². The molecule has 4 nitrogen and oxygen atoms in total. The number of rotatable bonds is 4. The van der Waals surface area contributed by atoms with Crippen LogP contribution in [-0.2, 0) is 13.0 Å². The molecular weight excluding hydrogens is 262 g/mol. The molecule has 0 aliphatic rings. The Morgan fingerprint density at radius 3 is 2.57 bits per heavy atom. The molecule has 0 saturated heterocycles. The van der Waals surface area contributed by atoms with E-state index in [4.69, 9.17) is 0 Å². The molecule has 0 aliphatic heterocycles. The van der Waals surface area contributed by atoms with Crippen LogP contribution < -0.4 is 0 Å². The van der Waals surface area contributed by atoms with Gasteiger partial charge in [-0.1, -0.05) is 47.7 Å². The van der Waals surface area contributed by atoms with E-state index in [9.17, 15) is 5.11 Å². The zero-order valence-corrected chi connectivity index (χ0v) is 11.9. The van der Waals surface area contributed by atoms with Crippen molar-refractivity contribution in [3.05, 3.63) is 77.1 Å². The number of aliphatic hydroxyl groups excluding tert-OH is 1. The first-order valence-corrected chi connectivity index (χ1v) is 6.93. The summed E-state index contributed by atoms with van der Waals surface area (Å²) in [4.78, 5) is 0. The summed E-state index contributed by atoms with van der Waals surface area (Å²) < 4.78 is 1.81. The van der Waals surface area contributed by atoms with Gasteiger partial charge in [0, 0.05) is 6.42 Å². The molecule has 1 aromatic heterocycles. The van der Waals surface area contributed by atoms with E-state index in [0.29, 0.717) is 12.1 Å². The van der Waals surface area contributed by atoms with Gasteiger partial charge in [-0.15, -0.1) is 5.10 Å². The lowest BCUT2D eigenvalue weighted by Gasteiger charge is -2.08. The number of hydrogen-bond donors (Lipinski definition) is 1. The van der Waals surface area contributed by atoms with Gasteiger partial charge in [0.1, 0.15) is 5.69 Å². The number of hydrogen-bond acceptors (Lipinski definition) is 3. The minimum Gasteiger partial charge on any atom is -0.390 e. The molecule has 0 amide bonds. The van der Waals surface area contributed by atoms with Gasteiger partial charge in [0.15, 0.2) is 0 Å². The van der Waals surface area contributed by atoms with Crippen LogP contribution in [0.5, 0.6) is 0 Å². The molecular formula is C17H17N3O. The van der Waals surface area contributed by atoms with Crippen LogP contribution in [0.1, 0.15) is 22.5 Å². The first kappa shape index (κ1) is 13.5. The van der Waals surface area contributed by atoms with Gasteiger partial charge in [-0.2, -0.15) is 0 Å². The Labute approximate surface area is 123 Å². The number of aromatic nitrogens is 3. The smallest absolute Gasteiger partial charge is 0.112 e. The van der Waals surface area contributed by atoms with Crippen LogP contribution in [0, 0.1) is 6.92 Å². The summed E-state index contributed by atoms with van der Waals surface area (Å²) in [5.74, 6) is 0. The number of nitrogens with zero attached hydrogens (tertiary/aromatic N) is 3. The number of aliphatic hydroxyl groups is 1. The molecule has 106 valence electrons. The Morgan fingerprint density at radius 1 is 1.05 bits per heavy atom. The van der Waals surface area contributed by atoms with Gasteiger partial charge in [-0.25, -0.2) is 4.68 Å². The molecule has 4 heteroatoms. The molecule has 0 unspecified atom stereocenters. The summed E-state index contributed by atoms with van der Waals surface area (Å²) in [5, 5.41) is 17.8. The zero-order chi connectivity index (χ0) is 14.7. The lowest BCUT2D eigenvalue weighted by molar-refractivity contribution is 0.275. The van der Waals surface area contributed by atoms with Gasteiger partial charge in [-0.3, -0.25) is 0 Å². The Kier molecular flexibility index (Phi) is 3.79. The standard InChI is InChI=1S/C17H17N3O/c1-13-6-5-9-15(10-13)20-17(16(12-21)18-19-20)11-14-7-3-2-4-8-14/h2-10,21H,11-12H2,1H3. The number of benzene rings is 2. The minimum atomic E-state index is -0.103. The van der Waals surface area contributed by atoms with Crippen molar-refractivity contribution in [3.63, 3.8) is 0 Å². The molecule has 0 aliphatic carbocycles. The summed E-state index contributed by atoms with van der Waals surface area (Å²) >= 11 is 0. The quantitative estimate of drug-likeness (QED) is 0.798. The van der Waals surface area contributed by atoms with Crippen molar-refractivity contribution < 1.29 is 5.11 Å². The highest BCUT2D eigenvalue weighted by Gasteiger charge is 2.14. The normalized spacial score (nSPS) is 10.8. The molecule has 3 rings (SSSR count). The van der Waals surface area contributed by atoms with E-state index >= 15 is 0 Å². The van der Waals surface area contributed by atoms with E-state index < -0.39 is 0 Å². The van der Waals surface area contributed by atoms with Crippen molar-refractivity contribution in [2.75, 3.05) is 0 Å². The first-order chi connectivity index (χ1) is 10.3. The number of aryl methyl sites for hydroxylation is 1. The van der Waals surface area contributed by atoms with Crippen molar-refractivity contribution in [1.29, 1.82) is 0 Å². The van der Waals surface area contributed by atoms with Crippen molar-refractivity contribution in [2.24, 2.45) is 0 Å². The minimum absolute atomic E-state index is 0.103. The fraction of sp³-hybridized carbons (Fsp3) is 0.176. The average molecular weight is 279 g/mol. The van der Waals surface area contributed by atoms with Crippen LogP contribution in [0.25, 0.3) is 5.69 Å². The fourth-order valence-electron chi connectivity index (χ4n) is 2.39. The first-order valence-electron chi connectivity index (χ1n) is 6.93. The summed E-state index contributed by atoms with van der Waals surface area (Å²) in [6.45, 7) is 1.94. The summed E-state index contributed by atoms with van der Waals surface area (Å²) in [6.07, 6.45) is 0.692. The van der Waals surface area contributed by atoms with Crippen LogP contribution in [-0.4, -0.2) is 20.1 Å². The van der Waals surface area contributed by atoms with Crippen molar-refractivity contribution in [1.82, 2.24) is 15.0 Å². The molecule has 1 N–H and O–H groups in total. The molecule has 2 aromatic carbocycles. The topological polar surface area (TPSA) is 50.9 Å². The highest BCUT2D eigenvalue weighted by Crippen LogP contribution is 2.18. The van der Waals surface area contributed by atoms with Crippen LogP contribution in [0.15, 0.2) is 54.6 Å². The molecule has 0 fully saturated rings. The van der Waals surface area contributed by atoms with E-state index in [1.54, 1.807) is 0 Å². The lowest BCUT2D eigenvalue weighted by atomic mass is 10.1. The summed E-state index contributed by atoms with van der Waals surface area (Å²) in [7, 11) is 0. The third-order valence-electron chi connectivity index (χ3n) is 3.45. The molecule has 3 aromatic rings. The van der Waals surface area contributed by atoms with Gasteiger partial charge in [-0.05, 0) is 30.2 Å². The summed E-state index contributed by atoms with van der Waals surface area (Å²) in [5.41, 5.74) is 4.85. The zero-order valence-electron chi connectivity index (χ0n) is 11.9. The third kappa shape index (κ3) is 2.85. The Balaban J connectivity index is 2.04. The molecule has 21 heavy (non-hydrogen) atoms. The Bertz CT molecular complexity index is 735. The van der Waals surface area contributed by atoms with Crippen molar-refractivity contribution >= 4 is 0 Å².